The molecule has 3 aromatic rings. The Morgan fingerprint density at radius 1 is 0.972 bits per heavy atom. The number of thioether (sulfide) groups is 1. The number of nitrogens with zero attached hydrogens (tertiary/aromatic N) is 5. The van der Waals surface area contributed by atoms with E-state index in [4.69, 9.17) is 4.98 Å². The van der Waals surface area contributed by atoms with Gasteiger partial charge in [-0.1, -0.05) is 54.6 Å². The molecule has 3 heterocycles. The summed E-state index contributed by atoms with van der Waals surface area (Å²) in [7, 11) is 0. The lowest BCUT2D eigenvalue weighted by atomic mass is 9.88. The molecule has 5 rings (SSSR count). The average Bonchev–Trinajstić information content (AvgIpc) is 3.09. The summed E-state index contributed by atoms with van der Waals surface area (Å²) in [4.78, 5) is 19.3. The molecule has 0 saturated carbocycles. The van der Waals surface area contributed by atoms with E-state index >= 15 is 0 Å². The summed E-state index contributed by atoms with van der Waals surface area (Å²) in [5, 5.41) is 3.92. The van der Waals surface area contributed by atoms with Crippen LogP contribution in [0.2, 0.25) is 0 Å². The maximum absolute atomic E-state index is 4.75. The van der Waals surface area contributed by atoms with Crippen LogP contribution in [-0.2, 0) is 5.75 Å². The summed E-state index contributed by atoms with van der Waals surface area (Å²) >= 11 is 1.96. The molecule has 1 aromatic heterocycles. The van der Waals surface area contributed by atoms with Gasteiger partial charge in [0.15, 0.2) is 0 Å². The highest BCUT2D eigenvalue weighted by atomic mass is 32.2. The molecular formula is C29H34N6S. The number of hydrogen-bond acceptors (Lipinski definition) is 7. The topological polar surface area (TPSA) is 57.2 Å². The van der Waals surface area contributed by atoms with E-state index in [1.54, 1.807) is 6.33 Å². The highest BCUT2D eigenvalue weighted by molar-refractivity contribution is 7.98. The lowest BCUT2D eigenvalue weighted by Gasteiger charge is -2.34. The van der Waals surface area contributed by atoms with Gasteiger partial charge < -0.3 is 15.1 Å². The van der Waals surface area contributed by atoms with E-state index in [-0.39, 0.29) is 0 Å². The molecule has 186 valence electrons. The summed E-state index contributed by atoms with van der Waals surface area (Å²) in [5.41, 5.74) is 4.35. The quantitative estimate of drug-likeness (QED) is 0.415. The minimum absolute atomic E-state index is 0.372. The van der Waals surface area contributed by atoms with Gasteiger partial charge in [-0.2, -0.15) is 4.98 Å². The summed E-state index contributed by atoms with van der Waals surface area (Å²) in [6.45, 7) is 11.8. The van der Waals surface area contributed by atoms with Crippen molar-refractivity contribution < 1.29 is 0 Å². The van der Waals surface area contributed by atoms with Crippen LogP contribution in [-0.4, -0.2) is 53.7 Å². The first-order valence-electron chi connectivity index (χ1n) is 12.7. The van der Waals surface area contributed by atoms with Gasteiger partial charge in [-0.15, -0.1) is 24.9 Å². The molecule has 1 saturated heterocycles. The second-order valence-electron chi connectivity index (χ2n) is 9.32. The first-order valence-corrected chi connectivity index (χ1v) is 13.7. The molecule has 0 amide bonds. The molecule has 7 heteroatoms. The molecule has 2 aliphatic rings. The zero-order valence-corrected chi connectivity index (χ0v) is 21.5. The maximum atomic E-state index is 4.75. The Bertz CT molecular complexity index is 1130. The number of anilines is 2. The molecule has 1 fully saturated rings. The Kier molecular flexibility index (Phi) is 7.98. The number of rotatable bonds is 9. The molecule has 0 bridgehead atoms. The van der Waals surface area contributed by atoms with E-state index in [2.05, 4.69) is 81.9 Å². The smallest absolute Gasteiger partial charge is 0.230 e. The van der Waals surface area contributed by atoms with Crippen LogP contribution < -0.4 is 15.1 Å². The van der Waals surface area contributed by atoms with Crippen LogP contribution in [0.3, 0.4) is 0 Å². The Labute approximate surface area is 218 Å². The highest BCUT2D eigenvalue weighted by Gasteiger charge is 2.26. The van der Waals surface area contributed by atoms with Gasteiger partial charge in [0, 0.05) is 55.3 Å². The second-order valence-corrected chi connectivity index (χ2v) is 10.3. The summed E-state index contributed by atoms with van der Waals surface area (Å²) in [6.07, 6.45) is 7.45. The predicted molar refractivity (Wildman–Crippen MR) is 150 cm³/mol. The Balaban J connectivity index is 1.23. The van der Waals surface area contributed by atoms with Crippen LogP contribution in [0.25, 0.3) is 0 Å². The third-order valence-electron chi connectivity index (χ3n) is 7.02. The van der Waals surface area contributed by atoms with Crippen LogP contribution >= 0.6 is 11.8 Å². The Morgan fingerprint density at radius 2 is 1.69 bits per heavy atom. The van der Waals surface area contributed by atoms with Gasteiger partial charge in [-0.3, -0.25) is 0 Å². The van der Waals surface area contributed by atoms with Gasteiger partial charge in [-0.05, 0) is 35.6 Å². The van der Waals surface area contributed by atoms with Gasteiger partial charge in [0.25, 0.3) is 0 Å². The van der Waals surface area contributed by atoms with Crippen LogP contribution in [0.15, 0.2) is 85.1 Å². The molecule has 0 spiro atoms. The molecule has 2 aromatic carbocycles. The SMILES string of the molecule is C=CCN(CC=C)c1ncnc(N2CCC(NCC3c4ccccc4CSc4ccccc43)CC2)n1. The first-order chi connectivity index (χ1) is 17.8. The maximum Gasteiger partial charge on any atom is 0.230 e. The minimum Gasteiger partial charge on any atom is -0.341 e. The molecule has 6 nitrogen and oxygen atoms in total. The lowest BCUT2D eigenvalue weighted by molar-refractivity contribution is 0.406. The molecule has 1 atom stereocenters. The molecule has 0 radical (unpaired) electrons. The molecule has 2 aliphatic heterocycles. The van der Waals surface area contributed by atoms with Gasteiger partial charge in [0.05, 0.1) is 0 Å². The molecule has 1 N–H and O–H groups in total. The fraction of sp³-hybridized carbons (Fsp3) is 0.345. The summed E-state index contributed by atoms with van der Waals surface area (Å²) < 4.78 is 0. The van der Waals surface area contributed by atoms with Crippen LogP contribution in [0.4, 0.5) is 11.9 Å². The van der Waals surface area contributed by atoms with E-state index in [1.807, 2.05) is 28.8 Å². The van der Waals surface area contributed by atoms with Crippen LogP contribution in [0.5, 0.6) is 0 Å². The third-order valence-corrected chi connectivity index (χ3v) is 8.16. The van der Waals surface area contributed by atoms with Gasteiger partial charge in [0.2, 0.25) is 11.9 Å². The number of nitrogens with one attached hydrogen (secondary N) is 1. The van der Waals surface area contributed by atoms with Crippen molar-refractivity contribution in [2.75, 3.05) is 42.5 Å². The summed E-state index contributed by atoms with van der Waals surface area (Å²) in [5.74, 6) is 2.83. The number of benzene rings is 2. The largest absolute Gasteiger partial charge is 0.341 e. The van der Waals surface area contributed by atoms with Crippen LogP contribution in [0.1, 0.15) is 35.4 Å². The molecule has 1 unspecified atom stereocenters. The standard InChI is InChI=1S/C29H34N6S/c1-3-15-34(16-4-2)28-31-21-32-29(33-28)35-17-13-23(14-18-35)30-19-26-24-10-6-5-9-22(24)20-36-27-12-8-7-11-25(26)27/h3-12,21,23,26,30H,1-2,13-20H2. The summed E-state index contributed by atoms with van der Waals surface area (Å²) in [6, 6.07) is 18.3. The number of fused-ring (bicyclic) bond motifs is 2. The number of aromatic nitrogens is 3. The van der Waals surface area contributed by atoms with Crippen molar-refractivity contribution in [1.29, 1.82) is 0 Å². The zero-order chi connectivity index (χ0) is 24.7. The highest BCUT2D eigenvalue weighted by Crippen LogP contribution is 2.40. The molecule has 36 heavy (non-hydrogen) atoms. The lowest BCUT2D eigenvalue weighted by Crippen LogP contribution is -2.44. The van der Waals surface area contributed by atoms with Crippen molar-refractivity contribution in [3.63, 3.8) is 0 Å². The normalized spacial score (nSPS) is 17.6. The monoisotopic (exact) mass is 498 g/mol. The number of hydrogen-bond donors (Lipinski definition) is 1. The van der Waals surface area contributed by atoms with Crippen molar-refractivity contribution >= 4 is 23.7 Å². The van der Waals surface area contributed by atoms with E-state index < -0.39 is 0 Å². The van der Waals surface area contributed by atoms with E-state index in [9.17, 15) is 0 Å². The van der Waals surface area contributed by atoms with Crippen molar-refractivity contribution in [3.8, 4) is 0 Å². The minimum atomic E-state index is 0.372. The van der Waals surface area contributed by atoms with Gasteiger partial charge in [0.1, 0.15) is 6.33 Å². The third kappa shape index (κ3) is 5.47. The average molecular weight is 499 g/mol. The van der Waals surface area contributed by atoms with Crippen molar-refractivity contribution in [3.05, 3.63) is 96.9 Å². The predicted octanol–water partition coefficient (Wildman–Crippen LogP) is 5.05. The second kappa shape index (κ2) is 11.7. The van der Waals surface area contributed by atoms with Gasteiger partial charge in [-0.25, -0.2) is 9.97 Å². The van der Waals surface area contributed by atoms with Crippen molar-refractivity contribution in [2.45, 2.75) is 35.4 Å². The Morgan fingerprint density at radius 3 is 2.47 bits per heavy atom. The van der Waals surface area contributed by atoms with Crippen molar-refractivity contribution in [1.82, 2.24) is 20.3 Å². The zero-order valence-electron chi connectivity index (χ0n) is 20.7. The first kappa shape index (κ1) is 24.5. The van der Waals surface area contributed by atoms with E-state index in [0.717, 1.165) is 44.2 Å². The Hall–Kier alpha value is -3.16. The molecule has 0 aliphatic carbocycles. The van der Waals surface area contributed by atoms with E-state index in [0.29, 0.717) is 31.0 Å². The van der Waals surface area contributed by atoms with Crippen LogP contribution in [0, 0.1) is 0 Å². The number of piperidine rings is 1. The fourth-order valence-corrected chi connectivity index (χ4v) is 6.28. The fourth-order valence-electron chi connectivity index (χ4n) is 5.15. The van der Waals surface area contributed by atoms with Crippen molar-refractivity contribution in [2.24, 2.45) is 0 Å². The molecular weight excluding hydrogens is 464 g/mol. The van der Waals surface area contributed by atoms with E-state index in [1.165, 1.54) is 21.6 Å². The van der Waals surface area contributed by atoms with Gasteiger partial charge >= 0.3 is 0 Å².